The summed E-state index contributed by atoms with van der Waals surface area (Å²) < 4.78 is 18.0. The fraction of sp³-hybridized carbons (Fsp3) is 0.222. The Bertz CT molecular complexity index is 366. The molecule has 0 fully saturated rings. The van der Waals surface area contributed by atoms with Crippen LogP contribution < -0.4 is 0 Å². The maximum atomic E-state index is 13.1. The van der Waals surface area contributed by atoms with Crippen LogP contribution in [0, 0.1) is 5.82 Å². The second-order valence-corrected chi connectivity index (χ2v) is 3.96. The van der Waals surface area contributed by atoms with Crippen LogP contribution in [-0.4, -0.2) is 13.1 Å². The predicted octanol–water partition coefficient (Wildman–Crippen LogP) is 3.27. The Balaban J connectivity index is 3.27. The van der Waals surface area contributed by atoms with E-state index in [1.165, 1.54) is 7.11 Å². The van der Waals surface area contributed by atoms with Gasteiger partial charge in [-0.05, 0) is 33.6 Å². The lowest BCUT2D eigenvalue weighted by Gasteiger charge is -2.06. The zero-order valence-corrected chi connectivity index (χ0v) is 10.5. The Labute approximate surface area is 97.7 Å². The number of ether oxygens (including phenoxy) is 1. The van der Waals surface area contributed by atoms with E-state index in [2.05, 4.69) is 36.6 Å². The summed E-state index contributed by atoms with van der Waals surface area (Å²) in [6.45, 7) is 0. The van der Waals surface area contributed by atoms with Crippen LogP contribution in [0.5, 0.6) is 0 Å². The van der Waals surface area contributed by atoms with Crippen LogP contribution in [0.2, 0.25) is 0 Å². The van der Waals surface area contributed by atoms with Gasteiger partial charge in [-0.1, -0.05) is 15.9 Å². The molecule has 14 heavy (non-hydrogen) atoms. The maximum Gasteiger partial charge on any atom is 0.338 e. The SMILES string of the molecule is COC(=O)c1cc(F)c(Br)cc1CBr. The summed E-state index contributed by atoms with van der Waals surface area (Å²) in [6.07, 6.45) is 0. The highest BCUT2D eigenvalue weighted by Gasteiger charge is 2.14. The Hall–Kier alpha value is -0.420. The molecule has 0 heterocycles. The van der Waals surface area contributed by atoms with Gasteiger partial charge in [-0.2, -0.15) is 0 Å². The van der Waals surface area contributed by atoms with Crippen LogP contribution in [0.4, 0.5) is 4.39 Å². The lowest BCUT2D eigenvalue weighted by Crippen LogP contribution is -2.05. The van der Waals surface area contributed by atoms with Crippen molar-refractivity contribution in [2.75, 3.05) is 7.11 Å². The molecule has 0 aromatic heterocycles. The van der Waals surface area contributed by atoms with Crippen LogP contribution in [0.15, 0.2) is 16.6 Å². The minimum Gasteiger partial charge on any atom is -0.465 e. The first-order valence-electron chi connectivity index (χ1n) is 3.72. The molecule has 2 nitrogen and oxygen atoms in total. The quantitative estimate of drug-likeness (QED) is 0.616. The Morgan fingerprint density at radius 3 is 2.71 bits per heavy atom. The molecule has 1 rings (SSSR count). The number of hydrogen-bond donors (Lipinski definition) is 0. The topological polar surface area (TPSA) is 26.3 Å². The molecule has 0 saturated heterocycles. The average Bonchev–Trinajstić information content (AvgIpc) is 2.20. The largest absolute Gasteiger partial charge is 0.465 e. The lowest BCUT2D eigenvalue weighted by molar-refractivity contribution is 0.0599. The van der Waals surface area contributed by atoms with Gasteiger partial charge in [0.1, 0.15) is 5.82 Å². The Morgan fingerprint density at radius 2 is 2.21 bits per heavy atom. The summed E-state index contributed by atoms with van der Waals surface area (Å²) in [5.74, 6) is -1.01. The fourth-order valence-electron chi connectivity index (χ4n) is 0.999. The van der Waals surface area contributed by atoms with E-state index in [1.54, 1.807) is 6.07 Å². The molecule has 0 atom stereocenters. The summed E-state index contributed by atoms with van der Waals surface area (Å²) in [5, 5.41) is 0.469. The lowest BCUT2D eigenvalue weighted by atomic mass is 10.1. The number of carbonyl (C=O) groups is 1. The molecule has 0 spiro atoms. The zero-order valence-electron chi connectivity index (χ0n) is 7.31. The van der Waals surface area contributed by atoms with Crippen molar-refractivity contribution in [1.29, 1.82) is 0 Å². The van der Waals surface area contributed by atoms with Gasteiger partial charge in [0.2, 0.25) is 0 Å². The fourth-order valence-corrected chi connectivity index (χ4v) is 1.85. The molecule has 0 radical (unpaired) electrons. The van der Waals surface area contributed by atoms with Gasteiger partial charge < -0.3 is 4.74 Å². The second-order valence-electron chi connectivity index (χ2n) is 2.55. The molecule has 0 amide bonds. The van der Waals surface area contributed by atoms with Crippen molar-refractivity contribution in [3.8, 4) is 0 Å². The van der Waals surface area contributed by atoms with Gasteiger partial charge in [-0.25, -0.2) is 9.18 Å². The average molecular weight is 326 g/mol. The number of methoxy groups -OCH3 is 1. The van der Waals surface area contributed by atoms with Gasteiger partial charge in [0.15, 0.2) is 0 Å². The van der Waals surface area contributed by atoms with Gasteiger partial charge in [0, 0.05) is 5.33 Å². The van der Waals surface area contributed by atoms with E-state index in [0.29, 0.717) is 15.4 Å². The zero-order chi connectivity index (χ0) is 10.7. The van der Waals surface area contributed by atoms with Crippen molar-refractivity contribution in [2.45, 2.75) is 5.33 Å². The summed E-state index contributed by atoms with van der Waals surface area (Å²) in [7, 11) is 1.26. The monoisotopic (exact) mass is 324 g/mol. The number of rotatable bonds is 2. The first-order valence-corrected chi connectivity index (χ1v) is 5.63. The first-order chi connectivity index (χ1) is 6.60. The highest BCUT2D eigenvalue weighted by Crippen LogP contribution is 2.23. The van der Waals surface area contributed by atoms with Crippen molar-refractivity contribution in [3.63, 3.8) is 0 Å². The van der Waals surface area contributed by atoms with E-state index in [0.717, 1.165) is 6.07 Å². The van der Waals surface area contributed by atoms with Crippen LogP contribution >= 0.6 is 31.9 Å². The Morgan fingerprint density at radius 1 is 1.57 bits per heavy atom. The first kappa shape index (κ1) is 11.7. The van der Waals surface area contributed by atoms with E-state index in [-0.39, 0.29) is 5.56 Å². The Kier molecular flexibility index (Phi) is 4.07. The van der Waals surface area contributed by atoms with Gasteiger partial charge in [0.05, 0.1) is 17.1 Å². The normalized spacial score (nSPS) is 10.0. The molecule has 0 saturated carbocycles. The number of carbonyl (C=O) groups excluding carboxylic acids is 1. The molecule has 0 N–H and O–H groups in total. The molecule has 0 aliphatic rings. The minimum absolute atomic E-state index is 0.241. The standard InChI is InChI=1S/C9H7Br2FO2/c1-14-9(13)6-3-8(12)7(11)2-5(6)4-10/h2-3H,4H2,1H3. The summed E-state index contributed by atoms with van der Waals surface area (Å²) in [5.41, 5.74) is 0.926. The number of alkyl halides is 1. The molecule has 76 valence electrons. The number of benzene rings is 1. The van der Waals surface area contributed by atoms with Crippen molar-refractivity contribution in [2.24, 2.45) is 0 Å². The van der Waals surface area contributed by atoms with Crippen molar-refractivity contribution >= 4 is 37.8 Å². The van der Waals surface area contributed by atoms with E-state index < -0.39 is 11.8 Å². The third-order valence-electron chi connectivity index (χ3n) is 1.70. The molecule has 0 aliphatic heterocycles. The van der Waals surface area contributed by atoms with Gasteiger partial charge >= 0.3 is 5.97 Å². The van der Waals surface area contributed by atoms with Crippen molar-refractivity contribution < 1.29 is 13.9 Å². The van der Waals surface area contributed by atoms with E-state index in [9.17, 15) is 9.18 Å². The van der Waals surface area contributed by atoms with Crippen LogP contribution in [0.25, 0.3) is 0 Å². The maximum absolute atomic E-state index is 13.1. The number of esters is 1. The van der Waals surface area contributed by atoms with E-state index >= 15 is 0 Å². The third kappa shape index (κ3) is 2.33. The number of hydrogen-bond acceptors (Lipinski definition) is 2. The van der Waals surface area contributed by atoms with Crippen molar-refractivity contribution in [3.05, 3.63) is 33.5 Å². The summed E-state index contributed by atoms with van der Waals surface area (Å²) in [6, 6.07) is 2.71. The third-order valence-corrected chi connectivity index (χ3v) is 2.91. The molecular formula is C9H7Br2FO2. The minimum atomic E-state index is -0.536. The van der Waals surface area contributed by atoms with Crippen LogP contribution in [-0.2, 0) is 10.1 Å². The number of halogens is 3. The van der Waals surface area contributed by atoms with Gasteiger partial charge in [0.25, 0.3) is 0 Å². The summed E-state index contributed by atoms with van der Waals surface area (Å²) >= 11 is 6.26. The second kappa shape index (κ2) is 4.89. The van der Waals surface area contributed by atoms with Gasteiger partial charge in [-0.15, -0.1) is 0 Å². The molecule has 0 unspecified atom stereocenters. The highest BCUT2D eigenvalue weighted by atomic mass is 79.9. The highest BCUT2D eigenvalue weighted by molar-refractivity contribution is 9.10. The molecular weight excluding hydrogens is 319 g/mol. The van der Waals surface area contributed by atoms with Crippen LogP contribution in [0.3, 0.4) is 0 Å². The summed E-state index contributed by atoms with van der Waals surface area (Å²) in [4.78, 5) is 11.2. The smallest absolute Gasteiger partial charge is 0.338 e. The predicted molar refractivity (Wildman–Crippen MR) is 58.1 cm³/mol. The van der Waals surface area contributed by atoms with E-state index in [1.807, 2.05) is 0 Å². The molecule has 1 aromatic carbocycles. The molecule has 0 bridgehead atoms. The molecule has 5 heteroatoms. The van der Waals surface area contributed by atoms with Crippen molar-refractivity contribution in [1.82, 2.24) is 0 Å². The van der Waals surface area contributed by atoms with E-state index in [4.69, 9.17) is 0 Å². The molecule has 0 aliphatic carbocycles. The van der Waals surface area contributed by atoms with Crippen LogP contribution in [0.1, 0.15) is 15.9 Å². The molecule has 1 aromatic rings. The van der Waals surface area contributed by atoms with Gasteiger partial charge in [-0.3, -0.25) is 0 Å².